The minimum atomic E-state index is -0.384. The fourth-order valence-corrected chi connectivity index (χ4v) is 2.55. The van der Waals surface area contributed by atoms with Gasteiger partial charge in [-0.05, 0) is 36.5 Å². The first-order chi connectivity index (χ1) is 6.92. The van der Waals surface area contributed by atoms with Crippen molar-refractivity contribution < 1.29 is 4.79 Å². The average Bonchev–Trinajstić information content (AvgIpc) is 2.37. The summed E-state index contributed by atoms with van der Waals surface area (Å²) in [6.07, 6.45) is 0.805. The lowest BCUT2D eigenvalue weighted by atomic mass is 9.98. The van der Waals surface area contributed by atoms with E-state index in [1.165, 1.54) is 11.1 Å². The Kier molecular flexibility index (Phi) is 2.50. The topological polar surface area (TPSA) is 17.1 Å². The molecule has 15 heavy (non-hydrogen) atoms. The molecule has 0 heterocycles. The standard InChI is InChI=1S/C13H15BrO/c1-8(2)9-4-5-10-7-13(3,14)12(15)11(10)6-9/h4-6,8H,7H2,1-3H3. The molecular weight excluding hydrogens is 252 g/mol. The van der Waals surface area contributed by atoms with Crippen LogP contribution in [0, 0.1) is 0 Å². The number of hydrogen-bond acceptors (Lipinski definition) is 1. The Morgan fingerprint density at radius 1 is 1.40 bits per heavy atom. The summed E-state index contributed by atoms with van der Waals surface area (Å²) in [4.78, 5) is 12.0. The van der Waals surface area contributed by atoms with Crippen molar-refractivity contribution in [2.75, 3.05) is 0 Å². The van der Waals surface area contributed by atoms with Crippen LogP contribution in [0.25, 0.3) is 0 Å². The second-order valence-electron chi connectivity index (χ2n) is 4.77. The molecule has 0 amide bonds. The van der Waals surface area contributed by atoms with Crippen molar-refractivity contribution in [1.82, 2.24) is 0 Å². The van der Waals surface area contributed by atoms with Crippen molar-refractivity contribution in [2.24, 2.45) is 0 Å². The summed E-state index contributed by atoms with van der Waals surface area (Å²) in [6, 6.07) is 6.27. The molecule has 1 nitrogen and oxygen atoms in total. The van der Waals surface area contributed by atoms with Crippen LogP contribution in [0.15, 0.2) is 18.2 Å². The molecule has 2 heteroatoms. The molecule has 1 unspecified atom stereocenters. The van der Waals surface area contributed by atoms with E-state index in [1.807, 2.05) is 6.92 Å². The maximum atomic E-state index is 12.0. The first kappa shape index (κ1) is 10.9. The van der Waals surface area contributed by atoms with Gasteiger partial charge in [0.05, 0.1) is 4.32 Å². The van der Waals surface area contributed by atoms with Gasteiger partial charge >= 0.3 is 0 Å². The third-order valence-corrected chi connectivity index (χ3v) is 3.68. The molecule has 0 spiro atoms. The lowest BCUT2D eigenvalue weighted by Gasteiger charge is -2.10. The minimum Gasteiger partial charge on any atom is -0.293 e. The van der Waals surface area contributed by atoms with E-state index in [0.29, 0.717) is 5.92 Å². The molecule has 0 N–H and O–H groups in total. The molecule has 0 saturated carbocycles. The van der Waals surface area contributed by atoms with E-state index in [0.717, 1.165) is 12.0 Å². The van der Waals surface area contributed by atoms with Crippen molar-refractivity contribution in [3.8, 4) is 0 Å². The molecule has 0 bridgehead atoms. The Balaban J connectivity index is 2.49. The van der Waals surface area contributed by atoms with Gasteiger partial charge in [-0.3, -0.25) is 4.79 Å². The van der Waals surface area contributed by atoms with Gasteiger partial charge in [-0.15, -0.1) is 0 Å². The first-order valence-corrected chi connectivity index (χ1v) is 6.07. The van der Waals surface area contributed by atoms with Crippen molar-refractivity contribution in [3.63, 3.8) is 0 Å². The third kappa shape index (κ3) is 1.76. The number of fused-ring (bicyclic) bond motifs is 1. The highest BCUT2D eigenvalue weighted by atomic mass is 79.9. The fourth-order valence-electron chi connectivity index (χ4n) is 2.04. The van der Waals surface area contributed by atoms with E-state index in [1.54, 1.807) is 0 Å². The fraction of sp³-hybridized carbons (Fsp3) is 0.462. The van der Waals surface area contributed by atoms with Crippen LogP contribution >= 0.6 is 15.9 Å². The smallest absolute Gasteiger partial charge is 0.179 e. The van der Waals surface area contributed by atoms with E-state index in [-0.39, 0.29) is 10.1 Å². The molecular formula is C13H15BrO. The van der Waals surface area contributed by atoms with Crippen LogP contribution in [0.4, 0.5) is 0 Å². The van der Waals surface area contributed by atoms with Crippen LogP contribution in [-0.2, 0) is 6.42 Å². The summed E-state index contributed by atoms with van der Waals surface area (Å²) in [6.45, 7) is 6.24. The lowest BCUT2D eigenvalue weighted by molar-refractivity contribution is 0.0968. The van der Waals surface area contributed by atoms with E-state index in [9.17, 15) is 4.79 Å². The van der Waals surface area contributed by atoms with Gasteiger partial charge < -0.3 is 0 Å². The molecule has 1 aromatic rings. The number of hydrogen-bond donors (Lipinski definition) is 0. The van der Waals surface area contributed by atoms with Crippen molar-refractivity contribution in [1.29, 1.82) is 0 Å². The van der Waals surface area contributed by atoms with Gasteiger partial charge in [-0.25, -0.2) is 0 Å². The van der Waals surface area contributed by atoms with Crippen molar-refractivity contribution in [2.45, 2.75) is 37.4 Å². The average molecular weight is 267 g/mol. The number of halogens is 1. The molecule has 0 radical (unpaired) electrons. The van der Waals surface area contributed by atoms with Gasteiger partial charge in [0.1, 0.15) is 0 Å². The zero-order valence-electron chi connectivity index (χ0n) is 9.30. The van der Waals surface area contributed by atoms with Gasteiger partial charge in [-0.2, -0.15) is 0 Å². The Labute approximate surface area is 99.0 Å². The minimum absolute atomic E-state index is 0.222. The summed E-state index contributed by atoms with van der Waals surface area (Å²) in [5, 5.41) is 0. The van der Waals surface area contributed by atoms with Crippen LogP contribution in [0.5, 0.6) is 0 Å². The Bertz CT molecular complexity index is 419. The number of ketones is 1. The van der Waals surface area contributed by atoms with Gasteiger partial charge in [0.2, 0.25) is 0 Å². The van der Waals surface area contributed by atoms with Crippen LogP contribution in [0.2, 0.25) is 0 Å². The number of Topliss-reactive ketones (excluding diaryl/α,β-unsaturated/α-hetero) is 1. The first-order valence-electron chi connectivity index (χ1n) is 5.28. The SMILES string of the molecule is CC(C)c1ccc2c(c1)C(=O)C(C)(Br)C2. The maximum Gasteiger partial charge on any atom is 0.179 e. The summed E-state index contributed by atoms with van der Waals surface area (Å²) in [5.74, 6) is 0.699. The summed E-state index contributed by atoms with van der Waals surface area (Å²) >= 11 is 3.50. The van der Waals surface area contributed by atoms with Crippen LogP contribution < -0.4 is 0 Å². The molecule has 0 saturated heterocycles. The molecule has 0 fully saturated rings. The Morgan fingerprint density at radius 2 is 2.07 bits per heavy atom. The number of carbonyl (C=O) groups excluding carboxylic acids is 1. The number of alkyl halides is 1. The molecule has 0 aliphatic heterocycles. The monoisotopic (exact) mass is 266 g/mol. The van der Waals surface area contributed by atoms with Gasteiger partial charge in [0.25, 0.3) is 0 Å². The molecule has 1 atom stereocenters. The number of benzene rings is 1. The van der Waals surface area contributed by atoms with Crippen LogP contribution in [0.3, 0.4) is 0 Å². The summed E-state index contributed by atoms with van der Waals surface area (Å²) in [7, 11) is 0. The van der Waals surface area contributed by atoms with Gasteiger partial charge in [-0.1, -0.05) is 41.9 Å². The molecule has 80 valence electrons. The zero-order chi connectivity index (χ0) is 11.2. The molecule has 0 aromatic heterocycles. The van der Waals surface area contributed by atoms with E-state index < -0.39 is 0 Å². The Morgan fingerprint density at radius 3 is 2.67 bits per heavy atom. The maximum absolute atomic E-state index is 12.0. The number of carbonyl (C=O) groups is 1. The predicted octanol–water partition coefficient (Wildman–Crippen LogP) is 3.70. The van der Waals surface area contributed by atoms with Gasteiger partial charge in [0, 0.05) is 5.56 Å². The van der Waals surface area contributed by atoms with E-state index in [2.05, 4.69) is 48.0 Å². The normalized spacial score (nSPS) is 24.7. The van der Waals surface area contributed by atoms with Crippen LogP contribution in [0.1, 0.15) is 48.2 Å². The molecule has 1 aliphatic carbocycles. The second-order valence-corrected chi connectivity index (χ2v) is 6.52. The third-order valence-electron chi connectivity index (χ3n) is 3.04. The highest BCUT2D eigenvalue weighted by Gasteiger charge is 2.39. The van der Waals surface area contributed by atoms with Crippen molar-refractivity contribution >= 4 is 21.7 Å². The van der Waals surface area contributed by atoms with Gasteiger partial charge in [0.15, 0.2) is 5.78 Å². The summed E-state index contributed by atoms with van der Waals surface area (Å²) < 4.78 is -0.384. The van der Waals surface area contributed by atoms with Crippen molar-refractivity contribution in [3.05, 3.63) is 34.9 Å². The highest BCUT2D eigenvalue weighted by Crippen LogP contribution is 2.37. The second kappa shape index (κ2) is 3.44. The van der Waals surface area contributed by atoms with Crippen LogP contribution in [-0.4, -0.2) is 10.1 Å². The van der Waals surface area contributed by atoms with E-state index >= 15 is 0 Å². The lowest BCUT2D eigenvalue weighted by Crippen LogP contribution is -2.23. The predicted molar refractivity (Wildman–Crippen MR) is 65.9 cm³/mol. The quantitative estimate of drug-likeness (QED) is 0.709. The Hall–Kier alpha value is -0.630. The number of rotatable bonds is 1. The largest absolute Gasteiger partial charge is 0.293 e. The molecule has 1 aliphatic rings. The molecule has 1 aromatic carbocycles. The van der Waals surface area contributed by atoms with E-state index in [4.69, 9.17) is 0 Å². The summed E-state index contributed by atoms with van der Waals surface area (Å²) in [5.41, 5.74) is 3.32. The zero-order valence-corrected chi connectivity index (χ0v) is 10.9. The highest BCUT2D eigenvalue weighted by molar-refractivity contribution is 9.10. The molecule has 2 rings (SSSR count).